The quantitative estimate of drug-likeness (QED) is 0.426. The summed E-state index contributed by atoms with van der Waals surface area (Å²) in [6.07, 6.45) is 1.80. The molecule has 2 fully saturated rings. The molecule has 33 heavy (non-hydrogen) atoms. The molecule has 0 bridgehead atoms. The smallest absolute Gasteiger partial charge is 0.309 e. The number of ether oxygens (including phenoxy) is 2. The van der Waals surface area contributed by atoms with Crippen LogP contribution in [-0.4, -0.2) is 52.9 Å². The Morgan fingerprint density at radius 2 is 1.97 bits per heavy atom. The Balaban J connectivity index is 1.32. The number of carbonyl (C=O) groups is 4. The molecule has 0 spiro atoms. The molecule has 3 aliphatic rings. The Hall–Kier alpha value is -3.18. The molecule has 1 saturated carbocycles. The Bertz CT molecular complexity index is 1050. The van der Waals surface area contributed by atoms with Crippen LogP contribution >= 0.6 is 0 Å². The molecule has 3 amide bonds. The van der Waals surface area contributed by atoms with Gasteiger partial charge in [-0.15, -0.1) is 0 Å². The third-order valence-electron chi connectivity index (χ3n) is 6.03. The molecular formula is C25H28N2O6. The fraction of sp³-hybridized carbons (Fsp3) is 0.520. The summed E-state index contributed by atoms with van der Waals surface area (Å²) in [4.78, 5) is 50.1. The van der Waals surface area contributed by atoms with E-state index in [1.54, 1.807) is 12.1 Å². The van der Waals surface area contributed by atoms with Crippen LogP contribution in [0.1, 0.15) is 67.9 Å². The van der Waals surface area contributed by atoms with Gasteiger partial charge in [0.2, 0.25) is 11.8 Å². The van der Waals surface area contributed by atoms with E-state index in [0.717, 1.165) is 11.1 Å². The molecule has 1 aliphatic carbocycles. The predicted octanol–water partition coefficient (Wildman–Crippen LogP) is 1.94. The number of amides is 3. The molecule has 1 atom stereocenters. The summed E-state index contributed by atoms with van der Waals surface area (Å²) < 4.78 is 11.1. The normalized spacial score (nSPS) is 24.4. The molecule has 8 heteroatoms. The highest BCUT2D eigenvalue weighted by Crippen LogP contribution is 2.32. The Labute approximate surface area is 193 Å². The topological polar surface area (TPSA) is 102 Å². The van der Waals surface area contributed by atoms with Gasteiger partial charge < -0.3 is 14.4 Å². The summed E-state index contributed by atoms with van der Waals surface area (Å²) in [6.45, 7) is 6.06. The monoisotopic (exact) mass is 452 g/mol. The highest BCUT2D eigenvalue weighted by molar-refractivity contribution is 6.05. The maximum absolute atomic E-state index is 12.9. The number of imide groups is 1. The first kappa shape index (κ1) is 23.0. The number of hydrogen-bond donors (Lipinski definition) is 1. The van der Waals surface area contributed by atoms with Gasteiger partial charge in [0, 0.05) is 24.1 Å². The number of nitrogens with one attached hydrogen (secondary N) is 1. The molecule has 1 aromatic rings. The molecule has 174 valence electrons. The molecular weight excluding hydrogens is 424 g/mol. The fourth-order valence-electron chi connectivity index (χ4n) is 4.27. The maximum Gasteiger partial charge on any atom is 0.309 e. The second-order valence-electron chi connectivity index (χ2n) is 9.67. The molecule has 1 aromatic carbocycles. The van der Waals surface area contributed by atoms with Gasteiger partial charge in [-0.2, -0.15) is 0 Å². The van der Waals surface area contributed by atoms with Crippen LogP contribution in [0, 0.1) is 17.8 Å². The second-order valence-corrected chi connectivity index (χ2v) is 9.67. The Morgan fingerprint density at radius 1 is 1.21 bits per heavy atom. The second kappa shape index (κ2) is 8.99. The summed E-state index contributed by atoms with van der Waals surface area (Å²) in [6, 6.07) is 4.70. The third kappa shape index (κ3) is 5.09. The van der Waals surface area contributed by atoms with Crippen molar-refractivity contribution in [2.45, 2.75) is 70.7 Å². The van der Waals surface area contributed by atoms with Crippen LogP contribution in [0.2, 0.25) is 0 Å². The van der Waals surface area contributed by atoms with Gasteiger partial charge in [-0.1, -0.05) is 17.9 Å². The highest BCUT2D eigenvalue weighted by atomic mass is 16.6. The molecule has 0 radical (unpaired) electrons. The van der Waals surface area contributed by atoms with Gasteiger partial charge in [0.25, 0.3) is 5.91 Å². The van der Waals surface area contributed by atoms with Gasteiger partial charge in [0.15, 0.2) is 0 Å². The number of nitrogens with zero attached hydrogens (tertiary/aromatic N) is 1. The number of esters is 1. The van der Waals surface area contributed by atoms with Crippen LogP contribution in [0.25, 0.3) is 0 Å². The van der Waals surface area contributed by atoms with Gasteiger partial charge in [-0.25, -0.2) is 0 Å². The first-order chi connectivity index (χ1) is 15.6. The average molecular weight is 453 g/mol. The lowest BCUT2D eigenvalue weighted by atomic mass is 9.82. The number of carbonyl (C=O) groups excluding carboxylic acids is 4. The maximum atomic E-state index is 12.9. The molecule has 0 aromatic heterocycles. The highest BCUT2D eigenvalue weighted by Gasteiger charge is 2.40. The van der Waals surface area contributed by atoms with Crippen LogP contribution in [0.4, 0.5) is 0 Å². The van der Waals surface area contributed by atoms with Crippen molar-refractivity contribution in [1.29, 1.82) is 0 Å². The zero-order valence-electron chi connectivity index (χ0n) is 19.1. The zero-order chi connectivity index (χ0) is 23.8. The lowest BCUT2D eigenvalue weighted by Gasteiger charge is -2.34. The van der Waals surface area contributed by atoms with E-state index in [4.69, 9.17) is 9.47 Å². The number of hydrogen-bond acceptors (Lipinski definition) is 6. The largest absolute Gasteiger partial charge is 0.460 e. The van der Waals surface area contributed by atoms with E-state index in [0.29, 0.717) is 24.8 Å². The van der Waals surface area contributed by atoms with Crippen LogP contribution in [0.15, 0.2) is 18.2 Å². The van der Waals surface area contributed by atoms with E-state index in [9.17, 15) is 19.2 Å². The van der Waals surface area contributed by atoms with Crippen molar-refractivity contribution in [2.24, 2.45) is 5.92 Å². The van der Waals surface area contributed by atoms with Crippen molar-refractivity contribution < 1.29 is 28.7 Å². The van der Waals surface area contributed by atoms with Crippen LogP contribution in [0.3, 0.4) is 0 Å². The zero-order valence-corrected chi connectivity index (χ0v) is 19.1. The van der Waals surface area contributed by atoms with Crippen molar-refractivity contribution in [3.05, 3.63) is 34.9 Å². The van der Waals surface area contributed by atoms with Gasteiger partial charge in [-0.3, -0.25) is 24.5 Å². The fourth-order valence-corrected chi connectivity index (χ4v) is 4.27. The van der Waals surface area contributed by atoms with Crippen LogP contribution < -0.4 is 5.32 Å². The van der Waals surface area contributed by atoms with Gasteiger partial charge >= 0.3 is 5.97 Å². The SMILES string of the molecule is CC(C)(C)OC(=O)C1CC(OCC#Cc2cccc3c2CN(C2CCC(=O)NC2=O)C3=O)C1. The average Bonchev–Trinajstić information content (AvgIpc) is 3.02. The van der Waals surface area contributed by atoms with Gasteiger partial charge in [-0.05, 0) is 57.7 Å². The predicted molar refractivity (Wildman–Crippen MR) is 118 cm³/mol. The van der Waals surface area contributed by atoms with E-state index in [-0.39, 0.29) is 49.4 Å². The van der Waals surface area contributed by atoms with Crippen molar-refractivity contribution in [3.8, 4) is 11.8 Å². The van der Waals surface area contributed by atoms with Gasteiger partial charge in [0.1, 0.15) is 18.2 Å². The summed E-state index contributed by atoms with van der Waals surface area (Å²) in [5, 5.41) is 2.31. The Morgan fingerprint density at radius 3 is 2.67 bits per heavy atom. The van der Waals surface area contributed by atoms with Crippen molar-refractivity contribution in [3.63, 3.8) is 0 Å². The van der Waals surface area contributed by atoms with Crippen molar-refractivity contribution >= 4 is 23.7 Å². The van der Waals surface area contributed by atoms with E-state index in [1.807, 2.05) is 26.8 Å². The lowest BCUT2D eigenvalue weighted by molar-refractivity contribution is -0.168. The van der Waals surface area contributed by atoms with E-state index in [2.05, 4.69) is 17.2 Å². The minimum atomic E-state index is -0.650. The first-order valence-corrected chi connectivity index (χ1v) is 11.2. The van der Waals surface area contributed by atoms with E-state index in [1.165, 1.54) is 4.90 Å². The molecule has 4 rings (SSSR count). The molecule has 1 unspecified atom stereocenters. The van der Waals surface area contributed by atoms with Crippen LogP contribution in [-0.2, 0) is 30.4 Å². The molecule has 1 saturated heterocycles. The standard InChI is InChI=1S/C25H28N2O6/c1-25(2,3)33-24(31)16-12-17(13-16)32-11-5-7-15-6-4-8-18-19(15)14-27(23(18)30)20-9-10-21(28)26-22(20)29/h4,6,8,16-17,20H,9-14H2,1-3H3,(H,26,28,29). The third-order valence-corrected chi connectivity index (χ3v) is 6.03. The number of fused-ring (bicyclic) bond motifs is 1. The van der Waals surface area contributed by atoms with E-state index < -0.39 is 17.6 Å². The summed E-state index contributed by atoms with van der Waals surface area (Å²) >= 11 is 0. The number of benzene rings is 1. The molecule has 8 nitrogen and oxygen atoms in total. The molecule has 2 heterocycles. The van der Waals surface area contributed by atoms with Crippen molar-refractivity contribution in [2.75, 3.05) is 6.61 Å². The summed E-state index contributed by atoms with van der Waals surface area (Å²) in [5.41, 5.74) is 1.55. The van der Waals surface area contributed by atoms with Gasteiger partial charge in [0.05, 0.1) is 12.0 Å². The lowest BCUT2D eigenvalue weighted by Crippen LogP contribution is -2.52. The Kier molecular flexibility index (Phi) is 6.26. The summed E-state index contributed by atoms with van der Waals surface area (Å²) in [7, 11) is 0. The van der Waals surface area contributed by atoms with Crippen molar-refractivity contribution in [1.82, 2.24) is 10.2 Å². The number of piperidine rings is 1. The minimum absolute atomic E-state index is 0.0112. The number of rotatable bonds is 4. The molecule has 2 aliphatic heterocycles. The van der Waals surface area contributed by atoms with E-state index >= 15 is 0 Å². The van der Waals surface area contributed by atoms with Crippen LogP contribution in [0.5, 0.6) is 0 Å². The summed E-state index contributed by atoms with van der Waals surface area (Å²) in [5.74, 6) is 4.81. The first-order valence-electron chi connectivity index (χ1n) is 11.2. The molecule has 1 N–H and O–H groups in total. The minimum Gasteiger partial charge on any atom is -0.460 e.